The van der Waals surface area contributed by atoms with Gasteiger partial charge in [-0.2, -0.15) is 5.10 Å². The average molecular weight is 362 g/mol. The average Bonchev–Trinajstić information content (AvgIpc) is 2.50. The van der Waals surface area contributed by atoms with E-state index >= 15 is 0 Å². The minimum Gasteiger partial charge on any atom is -0.267 e. The maximum atomic E-state index is 11.9. The van der Waals surface area contributed by atoms with Gasteiger partial charge in [-0.25, -0.2) is 5.43 Å². The zero-order chi connectivity index (χ0) is 16.1. The van der Waals surface area contributed by atoms with Crippen LogP contribution in [0, 0.1) is 17.0 Å². The maximum absolute atomic E-state index is 11.9. The van der Waals surface area contributed by atoms with Crippen LogP contribution in [0.25, 0.3) is 0 Å². The first kappa shape index (κ1) is 15.8. The molecular formula is C15H12BrN3O3. The Labute approximate surface area is 135 Å². The molecular weight excluding hydrogens is 350 g/mol. The minimum absolute atomic E-state index is 0.0327. The highest BCUT2D eigenvalue weighted by molar-refractivity contribution is 9.10. The number of para-hydroxylation sites is 1. The van der Waals surface area contributed by atoms with Crippen LogP contribution in [0.2, 0.25) is 0 Å². The van der Waals surface area contributed by atoms with Gasteiger partial charge in [-0.3, -0.25) is 14.9 Å². The molecule has 1 amide bonds. The fraction of sp³-hybridized carbons (Fsp3) is 0.0667. The van der Waals surface area contributed by atoms with Crippen LogP contribution in [0.1, 0.15) is 21.5 Å². The number of aryl methyl sites for hydroxylation is 1. The molecule has 2 aromatic rings. The summed E-state index contributed by atoms with van der Waals surface area (Å²) in [6.07, 6.45) is 1.47. The van der Waals surface area contributed by atoms with Crippen LogP contribution in [0.3, 0.4) is 0 Å². The molecule has 22 heavy (non-hydrogen) atoms. The maximum Gasteiger partial charge on any atom is 0.282 e. The van der Waals surface area contributed by atoms with Crippen molar-refractivity contribution in [2.75, 3.05) is 0 Å². The molecule has 1 N–H and O–H groups in total. The number of halogens is 1. The van der Waals surface area contributed by atoms with Crippen molar-refractivity contribution < 1.29 is 9.72 Å². The summed E-state index contributed by atoms with van der Waals surface area (Å²) in [4.78, 5) is 22.2. The molecule has 0 spiro atoms. The molecule has 0 atom stereocenters. The number of hydrogen-bond acceptors (Lipinski definition) is 4. The van der Waals surface area contributed by atoms with E-state index in [2.05, 4.69) is 26.5 Å². The van der Waals surface area contributed by atoms with Crippen molar-refractivity contribution in [3.05, 3.63) is 73.7 Å². The minimum atomic E-state index is -0.630. The third kappa shape index (κ3) is 3.76. The zero-order valence-corrected chi connectivity index (χ0v) is 13.2. The van der Waals surface area contributed by atoms with Crippen molar-refractivity contribution in [3.8, 4) is 0 Å². The number of nitrogens with zero attached hydrogens (tertiary/aromatic N) is 2. The molecule has 2 aromatic carbocycles. The quantitative estimate of drug-likeness (QED) is 0.514. The smallest absolute Gasteiger partial charge is 0.267 e. The van der Waals surface area contributed by atoms with E-state index in [1.807, 2.05) is 25.1 Å². The largest absolute Gasteiger partial charge is 0.282 e. The number of rotatable bonds is 4. The Hall–Kier alpha value is -2.54. The molecule has 0 aromatic heterocycles. The molecule has 0 fully saturated rings. The summed E-state index contributed by atoms with van der Waals surface area (Å²) >= 11 is 3.41. The van der Waals surface area contributed by atoms with E-state index in [0.717, 1.165) is 15.6 Å². The van der Waals surface area contributed by atoms with Crippen LogP contribution in [0.4, 0.5) is 5.69 Å². The molecule has 0 unspecified atom stereocenters. The number of amides is 1. The molecule has 0 saturated carbocycles. The third-order valence-electron chi connectivity index (χ3n) is 2.92. The first-order chi connectivity index (χ1) is 10.5. The van der Waals surface area contributed by atoms with E-state index in [0.29, 0.717) is 0 Å². The summed E-state index contributed by atoms with van der Waals surface area (Å²) in [5.41, 5.74) is 3.87. The van der Waals surface area contributed by atoms with E-state index in [-0.39, 0.29) is 11.3 Å². The van der Waals surface area contributed by atoms with E-state index in [9.17, 15) is 14.9 Å². The van der Waals surface area contributed by atoms with Crippen molar-refractivity contribution >= 4 is 33.7 Å². The SMILES string of the molecule is Cc1ccc(/C=N\NC(=O)c2ccccc2[N+](=O)[O-])cc1Br. The Morgan fingerprint density at radius 3 is 2.73 bits per heavy atom. The van der Waals surface area contributed by atoms with Gasteiger partial charge in [0.1, 0.15) is 5.56 Å². The fourth-order valence-corrected chi connectivity index (χ4v) is 2.14. The molecule has 0 aliphatic rings. The summed E-state index contributed by atoms with van der Waals surface area (Å²) in [5.74, 6) is -0.630. The molecule has 6 nitrogen and oxygen atoms in total. The topological polar surface area (TPSA) is 84.6 Å². The first-order valence-corrected chi connectivity index (χ1v) is 7.11. The van der Waals surface area contributed by atoms with Crippen molar-refractivity contribution in [1.82, 2.24) is 5.43 Å². The van der Waals surface area contributed by atoms with Gasteiger partial charge in [0.2, 0.25) is 0 Å². The van der Waals surface area contributed by atoms with Crippen molar-refractivity contribution in [2.24, 2.45) is 5.10 Å². The van der Waals surface area contributed by atoms with E-state index in [4.69, 9.17) is 0 Å². The van der Waals surface area contributed by atoms with Gasteiger partial charge >= 0.3 is 0 Å². The molecule has 0 heterocycles. The molecule has 0 aliphatic heterocycles. The summed E-state index contributed by atoms with van der Waals surface area (Å²) in [6.45, 7) is 1.96. The number of nitro groups is 1. The number of hydrogen-bond donors (Lipinski definition) is 1. The van der Waals surface area contributed by atoms with Crippen molar-refractivity contribution in [2.45, 2.75) is 6.92 Å². The van der Waals surface area contributed by atoms with Crippen LogP contribution < -0.4 is 5.43 Å². The van der Waals surface area contributed by atoms with Gasteiger partial charge < -0.3 is 0 Å². The molecule has 0 saturated heterocycles. The highest BCUT2D eigenvalue weighted by atomic mass is 79.9. The van der Waals surface area contributed by atoms with Crippen LogP contribution in [0.5, 0.6) is 0 Å². The second kappa shape index (κ2) is 6.95. The Morgan fingerprint density at radius 2 is 2.05 bits per heavy atom. The predicted octanol–water partition coefficient (Wildman–Crippen LogP) is 3.43. The van der Waals surface area contributed by atoms with Crippen LogP contribution >= 0.6 is 15.9 Å². The fourth-order valence-electron chi connectivity index (χ4n) is 1.74. The number of carbonyl (C=O) groups is 1. The number of nitro benzene ring substituents is 1. The summed E-state index contributed by atoms with van der Waals surface area (Å²) in [5, 5.41) is 14.7. The van der Waals surface area contributed by atoms with E-state index in [1.54, 1.807) is 6.07 Å². The molecule has 7 heteroatoms. The van der Waals surface area contributed by atoms with Crippen LogP contribution in [-0.2, 0) is 0 Å². The lowest BCUT2D eigenvalue weighted by molar-refractivity contribution is -0.385. The lowest BCUT2D eigenvalue weighted by Gasteiger charge is -2.01. The van der Waals surface area contributed by atoms with Gasteiger partial charge in [-0.15, -0.1) is 0 Å². The first-order valence-electron chi connectivity index (χ1n) is 6.32. The van der Waals surface area contributed by atoms with Gasteiger partial charge in [-0.05, 0) is 30.2 Å². The van der Waals surface area contributed by atoms with Gasteiger partial charge in [0.15, 0.2) is 0 Å². The summed E-state index contributed by atoms with van der Waals surface area (Å²) < 4.78 is 0.932. The molecule has 112 valence electrons. The van der Waals surface area contributed by atoms with Crippen LogP contribution in [0.15, 0.2) is 52.0 Å². The number of nitrogens with one attached hydrogen (secondary N) is 1. The van der Waals surface area contributed by atoms with Gasteiger partial charge in [0, 0.05) is 10.5 Å². The third-order valence-corrected chi connectivity index (χ3v) is 3.78. The lowest BCUT2D eigenvalue weighted by Crippen LogP contribution is -2.18. The monoisotopic (exact) mass is 361 g/mol. The van der Waals surface area contributed by atoms with E-state index in [1.165, 1.54) is 24.4 Å². The number of carbonyl (C=O) groups excluding carboxylic acids is 1. The Kier molecular flexibility index (Phi) is 5.00. The molecule has 2 rings (SSSR count). The van der Waals surface area contributed by atoms with Gasteiger partial charge in [0.25, 0.3) is 11.6 Å². The molecule has 0 aliphatic carbocycles. The standard InChI is InChI=1S/C15H12BrN3O3/c1-10-6-7-11(8-13(10)16)9-17-18-15(20)12-4-2-3-5-14(12)19(21)22/h2-9H,1H3,(H,18,20)/b17-9-. The Bertz CT molecular complexity index is 759. The second-order valence-corrected chi connectivity index (χ2v) is 5.34. The lowest BCUT2D eigenvalue weighted by atomic mass is 10.2. The Balaban J connectivity index is 2.11. The van der Waals surface area contributed by atoms with Crippen molar-refractivity contribution in [1.29, 1.82) is 0 Å². The second-order valence-electron chi connectivity index (χ2n) is 4.48. The zero-order valence-electron chi connectivity index (χ0n) is 11.6. The molecule has 0 radical (unpaired) electrons. The highest BCUT2D eigenvalue weighted by Crippen LogP contribution is 2.18. The van der Waals surface area contributed by atoms with Gasteiger partial charge in [-0.1, -0.05) is 40.2 Å². The van der Waals surface area contributed by atoms with E-state index < -0.39 is 10.8 Å². The van der Waals surface area contributed by atoms with Gasteiger partial charge in [0.05, 0.1) is 11.1 Å². The predicted molar refractivity (Wildman–Crippen MR) is 87.0 cm³/mol. The summed E-state index contributed by atoms with van der Waals surface area (Å²) in [6, 6.07) is 11.3. The molecule has 0 bridgehead atoms. The number of benzene rings is 2. The normalized spacial score (nSPS) is 10.6. The number of hydrazone groups is 1. The van der Waals surface area contributed by atoms with Crippen LogP contribution in [-0.4, -0.2) is 17.0 Å². The highest BCUT2D eigenvalue weighted by Gasteiger charge is 2.18. The summed E-state index contributed by atoms with van der Waals surface area (Å²) in [7, 11) is 0. The van der Waals surface area contributed by atoms with Crippen molar-refractivity contribution in [3.63, 3.8) is 0 Å². The Morgan fingerprint density at radius 1 is 1.32 bits per heavy atom.